The zero-order chi connectivity index (χ0) is 20.4. The first-order chi connectivity index (χ1) is 14.6. The first kappa shape index (κ1) is 17.3. The van der Waals surface area contributed by atoms with Gasteiger partial charge in [-0.1, -0.05) is 0 Å². The average molecular weight is 404 g/mol. The van der Waals surface area contributed by atoms with Crippen molar-refractivity contribution in [3.63, 3.8) is 0 Å². The van der Waals surface area contributed by atoms with E-state index >= 15 is 0 Å². The van der Waals surface area contributed by atoms with E-state index in [4.69, 9.17) is 15.5 Å². The maximum Gasteiger partial charge on any atom is 0.326 e. The SMILES string of the molecule is CNc1ncnc2c1[nH]c1nc(Oc3cnc(C)nc3)nc(N3CC4C(N)C4C3)c12. The van der Waals surface area contributed by atoms with Crippen LogP contribution in [0.15, 0.2) is 18.7 Å². The third-order valence-corrected chi connectivity index (χ3v) is 5.96. The van der Waals surface area contributed by atoms with Crippen LogP contribution in [0.4, 0.5) is 11.6 Å². The predicted molar refractivity (Wildman–Crippen MR) is 111 cm³/mol. The molecule has 30 heavy (non-hydrogen) atoms. The Morgan fingerprint density at radius 2 is 1.90 bits per heavy atom. The Kier molecular flexibility index (Phi) is 3.57. The number of fused-ring (bicyclic) bond motifs is 4. The predicted octanol–water partition coefficient (Wildman–Crippen LogP) is 1.23. The highest BCUT2D eigenvalue weighted by atomic mass is 16.5. The summed E-state index contributed by atoms with van der Waals surface area (Å²) in [6.45, 7) is 3.54. The third-order valence-electron chi connectivity index (χ3n) is 5.96. The molecule has 11 nitrogen and oxygen atoms in total. The highest BCUT2D eigenvalue weighted by Gasteiger charge is 2.54. The topological polar surface area (TPSA) is 144 Å². The van der Waals surface area contributed by atoms with Gasteiger partial charge in [0.25, 0.3) is 0 Å². The second-order valence-corrected chi connectivity index (χ2v) is 7.75. The van der Waals surface area contributed by atoms with Crippen molar-refractivity contribution < 1.29 is 4.74 Å². The summed E-state index contributed by atoms with van der Waals surface area (Å²) < 4.78 is 5.88. The number of aryl methyl sites for hydroxylation is 1. The molecule has 152 valence electrons. The van der Waals surface area contributed by atoms with Crippen LogP contribution in [0.25, 0.3) is 22.1 Å². The van der Waals surface area contributed by atoms with E-state index in [1.165, 1.54) is 6.33 Å². The molecule has 11 heteroatoms. The number of piperidine rings is 1. The first-order valence-electron chi connectivity index (χ1n) is 9.81. The number of H-pyrrole nitrogens is 1. The van der Waals surface area contributed by atoms with Gasteiger partial charge < -0.3 is 25.7 Å². The van der Waals surface area contributed by atoms with Crippen molar-refractivity contribution in [1.82, 2.24) is 34.9 Å². The van der Waals surface area contributed by atoms with Crippen molar-refractivity contribution in [2.24, 2.45) is 17.6 Å². The molecule has 2 fully saturated rings. The fraction of sp³-hybridized carbons (Fsp3) is 0.368. The van der Waals surface area contributed by atoms with Gasteiger partial charge in [-0.3, -0.25) is 0 Å². The lowest BCUT2D eigenvalue weighted by molar-refractivity contribution is 0.439. The van der Waals surface area contributed by atoms with E-state index in [1.54, 1.807) is 12.4 Å². The van der Waals surface area contributed by atoms with Gasteiger partial charge in [0.2, 0.25) is 0 Å². The van der Waals surface area contributed by atoms with E-state index in [0.717, 1.165) is 35.3 Å². The number of aromatic amines is 1. The van der Waals surface area contributed by atoms with Crippen LogP contribution in [0.5, 0.6) is 11.8 Å². The number of hydrogen-bond donors (Lipinski definition) is 3. The lowest BCUT2D eigenvalue weighted by Crippen LogP contribution is -2.29. The lowest BCUT2D eigenvalue weighted by Gasteiger charge is -2.21. The number of anilines is 2. The summed E-state index contributed by atoms with van der Waals surface area (Å²) in [5.74, 6) is 3.65. The van der Waals surface area contributed by atoms with Crippen molar-refractivity contribution in [3.8, 4) is 11.8 Å². The Morgan fingerprint density at radius 3 is 2.63 bits per heavy atom. The zero-order valence-corrected chi connectivity index (χ0v) is 16.5. The van der Waals surface area contributed by atoms with E-state index in [0.29, 0.717) is 40.9 Å². The molecule has 4 aromatic rings. The molecule has 5 heterocycles. The fourth-order valence-corrected chi connectivity index (χ4v) is 4.30. The minimum Gasteiger partial charge on any atom is -0.421 e. The largest absolute Gasteiger partial charge is 0.421 e. The average Bonchev–Trinajstić information content (AvgIpc) is 3.13. The Labute approximate surface area is 171 Å². The van der Waals surface area contributed by atoms with Crippen LogP contribution in [0.2, 0.25) is 0 Å². The summed E-state index contributed by atoms with van der Waals surface area (Å²) in [4.78, 5) is 32.1. The van der Waals surface area contributed by atoms with Gasteiger partial charge >= 0.3 is 6.01 Å². The maximum absolute atomic E-state index is 6.14. The quantitative estimate of drug-likeness (QED) is 0.454. The second kappa shape index (κ2) is 6.20. The third kappa shape index (κ3) is 2.55. The standard InChI is InChI=1S/C19H20N10O/c1-8-22-3-9(4-23-8)30-19-27-16-12(14-15(26-16)17(21-2)25-7-24-14)18(28-19)29-5-10-11(6-29)13(10)20/h3-4,7,10-11,13H,5-6,20H2,1-2H3,(H,21,24,25)(H,26,27,28). The summed E-state index contributed by atoms with van der Waals surface area (Å²) in [5.41, 5.74) is 8.34. The van der Waals surface area contributed by atoms with Crippen molar-refractivity contribution in [1.29, 1.82) is 0 Å². The molecule has 6 rings (SSSR count). The molecule has 0 radical (unpaired) electrons. The summed E-state index contributed by atoms with van der Waals surface area (Å²) in [6.07, 6.45) is 4.75. The zero-order valence-electron chi connectivity index (χ0n) is 16.5. The Morgan fingerprint density at radius 1 is 1.13 bits per heavy atom. The van der Waals surface area contributed by atoms with Gasteiger partial charge in [-0.2, -0.15) is 9.97 Å². The van der Waals surface area contributed by atoms with Crippen LogP contribution in [0.3, 0.4) is 0 Å². The first-order valence-corrected chi connectivity index (χ1v) is 9.81. The minimum atomic E-state index is 0.223. The molecule has 2 atom stereocenters. The molecule has 0 spiro atoms. The van der Waals surface area contributed by atoms with E-state index in [1.807, 2.05) is 14.0 Å². The number of hydrogen-bond acceptors (Lipinski definition) is 10. The van der Waals surface area contributed by atoms with Gasteiger partial charge in [-0.25, -0.2) is 19.9 Å². The maximum atomic E-state index is 6.14. The highest BCUT2D eigenvalue weighted by molar-refractivity contribution is 6.11. The van der Waals surface area contributed by atoms with Crippen LogP contribution in [-0.4, -0.2) is 61.1 Å². The lowest BCUT2D eigenvalue weighted by atomic mass is 10.2. The monoisotopic (exact) mass is 404 g/mol. The summed E-state index contributed by atoms with van der Waals surface area (Å²) in [6, 6.07) is 0.514. The highest BCUT2D eigenvalue weighted by Crippen LogP contribution is 2.46. The minimum absolute atomic E-state index is 0.223. The Hall–Kier alpha value is -3.60. The Bertz CT molecular complexity index is 1260. The molecule has 0 aromatic carbocycles. The van der Waals surface area contributed by atoms with Gasteiger partial charge in [0.15, 0.2) is 11.6 Å². The Balaban J connectivity index is 1.51. The van der Waals surface area contributed by atoms with Gasteiger partial charge in [-0.05, 0) is 18.8 Å². The number of nitrogens with zero attached hydrogens (tertiary/aromatic N) is 7. The molecular weight excluding hydrogens is 384 g/mol. The van der Waals surface area contributed by atoms with Crippen LogP contribution < -0.4 is 20.7 Å². The van der Waals surface area contributed by atoms with E-state index < -0.39 is 0 Å². The molecule has 0 bridgehead atoms. The molecule has 1 saturated carbocycles. The van der Waals surface area contributed by atoms with E-state index in [2.05, 4.69) is 40.1 Å². The molecule has 2 unspecified atom stereocenters. The van der Waals surface area contributed by atoms with Crippen LogP contribution >= 0.6 is 0 Å². The molecule has 1 saturated heterocycles. The number of nitrogens with two attached hydrogens (primary N) is 1. The normalized spacial score (nSPS) is 22.5. The number of rotatable bonds is 4. The smallest absolute Gasteiger partial charge is 0.326 e. The van der Waals surface area contributed by atoms with Gasteiger partial charge in [0.05, 0.1) is 17.8 Å². The second-order valence-electron chi connectivity index (χ2n) is 7.75. The summed E-state index contributed by atoms with van der Waals surface area (Å²) in [5, 5.41) is 3.94. The molecule has 4 N–H and O–H groups in total. The van der Waals surface area contributed by atoms with Crippen molar-refractivity contribution in [3.05, 3.63) is 24.5 Å². The molecule has 4 aromatic heterocycles. The van der Waals surface area contributed by atoms with Crippen molar-refractivity contribution >= 4 is 33.7 Å². The van der Waals surface area contributed by atoms with Gasteiger partial charge in [0, 0.05) is 26.2 Å². The fourth-order valence-electron chi connectivity index (χ4n) is 4.30. The molecule has 1 aliphatic carbocycles. The number of nitrogens with one attached hydrogen (secondary N) is 2. The molecule has 1 aliphatic heterocycles. The number of ether oxygens (including phenoxy) is 1. The van der Waals surface area contributed by atoms with Crippen LogP contribution in [0, 0.1) is 18.8 Å². The van der Waals surface area contributed by atoms with Gasteiger partial charge in [0.1, 0.15) is 34.7 Å². The van der Waals surface area contributed by atoms with Crippen molar-refractivity contribution in [2.75, 3.05) is 30.4 Å². The van der Waals surface area contributed by atoms with Crippen molar-refractivity contribution in [2.45, 2.75) is 13.0 Å². The van der Waals surface area contributed by atoms with Gasteiger partial charge in [-0.15, -0.1) is 0 Å². The van der Waals surface area contributed by atoms with E-state index in [9.17, 15) is 0 Å². The molecule has 2 aliphatic rings. The number of aromatic nitrogens is 7. The van der Waals surface area contributed by atoms with Crippen LogP contribution in [-0.2, 0) is 0 Å². The summed E-state index contributed by atoms with van der Waals surface area (Å²) >= 11 is 0. The molecular formula is C19H20N10O. The summed E-state index contributed by atoms with van der Waals surface area (Å²) in [7, 11) is 1.82. The van der Waals surface area contributed by atoms with Crippen LogP contribution in [0.1, 0.15) is 5.82 Å². The molecule has 0 amide bonds. The van der Waals surface area contributed by atoms with E-state index in [-0.39, 0.29) is 6.01 Å².